The van der Waals surface area contributed by atoms with Gasteiger partial charge in [0.2, 0.25) is 0 Å². The first-order valence-corrected chi connectivity index (χ1v) is 12.1. The van der Waals surface area contributed by atoms with Gasteiger partial charge in [-0.2, -0.15) is 0 Å². The number of pyridine rings is 1. The minimum absolute atomic E-state index is 0.606. The molecule has 1 saturated heterocycles. The largest absolute Gasteiger partial charge is 0.381 e. The van der Waals surface area contributed by atoms with E-state index in [9.17, 15) is 0 Å². The summed E-state index contributed by atoms with van der Waals surface area (Å²) in [7, 11) is 2.20. The van der Waals surface area contributed by atoms with Crippen molar-refractivity contribution in [2.45, 2.75) is 25.4 Å². The number of hydrogen-bond donors (Lipinski definition) is 0. The average molecular weight is 467 g/mol. The van der Waals surface area contributed by atoms with Crippen molar-refractivity contribution in [1.82, 2.24) is 9.88 Å². The fourth-order valence-electron chi connectivity index (χ4n) is 4.39. The van der Waals surface area contributed by atoms with Crippen LogP contribution >= 0.6 is 11.6 Å². The van der Waals surface area contributed by atoms with Gasteiger partial charge in [-0.15, -0.1) is 0 Å². The van der Waals surface area contributed by atoms with E-state index in [2.05, 4.69) is 66.3 Å². The summed E-state index contributed by atoms with van der Waals surface area (Å²) >= 11 is 6.01. The highest BCUT2D eigenvalue weighted by Crippen LogP contribution is 2.25. The number of aromatic nitrogens is 1. The number of nitrogens with zero attached hydrogens (tertiary/aromatic N) is 2. The molecule has 170 valence electrons. The highest BCUT2D eigenvalue weighted by Gasteiger charge is 2.18. The van der Waals surface area contributed by atoms with Crippen molar-refractivity contribution in [1.29, 1.82) is 0 Å². The van der Waals surface area contributed by atoms with E-state index in [0.717, 1.165) is 70.9 Å². The lowest BCUT2D eigenvalue weighted by molar-refractivity contribution is 0.0407. The smallest absolute Gasteiger partial charge is 0.114 e. The van der Waals surface area contributed by atoms with Crippen LogP contribution in [0.25, 0.3) is 22.0 Å². The van der Waals surface area contributed by atoms with Crippen molar-refractivity contribution in [3.63, 3.8) is 0 Å². The molecule has 0 unspecified atom stereocenters. The van der Waals surface area contributed by atoms with E-state index in [1.165, 1.54) is 5.56 Å². The number of hydrogen-bond acceptors (Lipinski definition) is 3. The van der Waals surface area contributed by atoms with Gasteiger partial charge in [0.15, 0.2) is 0 Å². The minimum Gasteiger partial charge on any atom is -0.381 e. The molecular formula is C30H27ClN2O. The summed E-state index contributed by atoms with van der Waals surface area (Å²) in [5.41, 5.74) is 6.30. The highest BCUT2D eigenvalue weighted by atomic mass is 35.5. The lowest BCUT2D eigenvalue weighted by Gasteiger charge is -2.31. The molecule has 2 heterocycles. The van der Waals surface area contributed by atoms with Crippen molar-refractivity contribution in [3.8, 4) is 23.0 Å². The summed E-state index contributed by atoms with van der Waals surface area (Å²) in [5, 5.41) is 1.84. The first-order valence-electron chi connectivity index (χ1n) is 11.7. The molecule has 0 spiro atoms. The molecule has 1 aromatic heterocycles. The lowest BCUT2D eigenvalue weighted by atomic mass is 10.0. The summed E-state index contributed by atoms with van der Waals surface area (Å²) in [6, 6.07) is 27.4. The van der Waals surface area contributed by atoms with Crippen LogP contribution < -0.4 is 0 Å². The van der Waals surface area contributed by atoms with Crippen molar-refractivity contribution in [2.24, 2.45) is 0 Å². The molecule has 0 atom stereocenters. The van der Waals surface area contributed by atoms with Crippen LogP contribution in [-0.2, 0) is 11.3 Å². The van der Waals surface area contributed by atoms with E-state index in [1.807, 2.05) is 36.4 Å². The van der Waals surface area contributed by atoms with Crippen LogP contribution in [0.15, 0.2) is 78.9 Å². The fraction of sp³-hybridized carbons (Fsp3) is 0.233. The Balaban J connectivity index is 1.27. The zero-order chi connectivity index (χ0) is 23.3. The normalized spacial score (nSPS) is 14.2. The number of halogens is 1. The molecule has 5 rings (SSSR count). The highest BCUT2D eigenvalue weighted by molar-refractivity contribution is 6.30. The van der Waals surface area contributed by atoms with Gasteiger partial charge in [0.05, 0.1) is 5.52 Å². The second kappa shape index (κ2) is 10.4. The van der Waals surface area contributed by atoms with E-state index < -0.39 is 0 Å². The van der Waals surface area contributed by atoms with Gasteiger partial charge >= 0.3 is 0 Å². The number of rotatable bonds is 4. The molecule has 0 aliphatic carbocycles. The zero-order valence-electron chi connectivity index (χ0n) is 19.3. The van der Waals surface area contributed by atoms with Crippen molar-refractivity contribution in [2.75, 3.05) is 20.3 Å². The Morgan fingerprint density at radius 1 is 0.882 bits per heavy atom. The standard InChI is InChI=1S/C30H27ClN2O/c1-33(29-16-18-34-19-17-29)21-23-4-2-22(3-5-23)6-13-28-14-9-26-20-25(10-15-30(26)32-28)24-7-11-27(31)12-8-24/h2-5,7-12,14-15,20,29H,16-19,21H2,1H3. The molecule has 4 heteroatoms. The first kappa shape index (κ1) is 22.6. The maximum atomic E-state index is 6.01. The number of benzene rings is 3. The Hall–Kier alpha value is -3.16. The van der Waals surface area contributed by atoms with Crippen LogP contribution in [0.3, 0.4) is 0 Å². The first-order chi connectivity index (χ1) is 16.6. The lowest BCUT2D eigenvalue weighted by Crippen LogP contribution is -2.36. The Morgan fingerprint density at radius 2 is 1.62 bits per heavy atom. The maximum Gasteiger partial charge on any atom is 0.114 e. The van der Waals surface area contributed by atoms with Gasteiger partial charge in [-0.25, -0.2) is 4.98 Å². The third-order valence-electron chi connectivity index (χ3n) is 6.40. The summed E-state index contributed by atoms with van der Waals surface area (Å²) in [6.07, 6.45) is 2.22. The molecule has 3 nitrogen and oxygen atoms in total. The van der Waals surface area contributed by atoms with Crippen LogP contribution in [0.4, 0.5) is 0 Å². The third kappa shape index (κ3) is 5.48. The summed E-state index contributed by atoms with van der Waals surface area (Å²) < 4.78 is 5.48. The number of fused-ring (bicyclic) bond motifs is 1. The van der Waals surface area contributed by atoms with Crippen molar-refractivity contribution < 1.29 is 4.74 Å². The molecule has 4 aromatic rings. The Bertz CT molecular complexity index is 1330. The third-order valence-corrected chi connectivity index (χ3v) is 6.65. The predicted octanol–water partition coefficient (Wildman–Crippen LogP) is 6.57. The van der Waals surface area contributed by atoms with Gasteiger partial charge in [0, 0.05) is 41.8 Å². The maximum absolute atomic E-state index is 6.01. The molecular weight excluding hydrogens is 440 g/mol. The molecule has 0 amide bonds. The average Bonchev–Trinajstić information content (AvgIpc) is 2.89. The van der Waals surface area contributed by atoms with Crippen molar-refractivity contribution >= 4 is 22.5 Å². The second-order valence-corrected chi connectivity index (χ2v) is 9.25. The van der Waals surface area contributed by atoms with E-state index in [4.69, 9.17) is 21.3 Å². The van der Waals surface area contributed by atoms with E-state index in [0.29, 0.717) is 6.04 Å². The molecule has 1 aliphatic heterocycles. The monoisotopic (exact) mass is 466 g/mol. The SMILES string of the molecule is CN(Cc1ccc(C#Cc2ccc3cc(-c4ccc(Cl)cc4)ccc3n2)cc1)C1CCOCC1. The Kier molecular flexibility index (Phi) is 6.92. The summed E-state index contributed by atoms with van der Waals surface area (Å²) in [4.78, 5) is 7.17. The Labute approximate surface area is 206 Å². The molecule has 0 bridgehead atoms. The van der Waals surface area contributed by atoms with Gasteiger partial charge in [-0.3, -0.25) is 4.90 Å². The van der Waals surface area contributed by atoms with E-state index in [-0.39, 0.29) is 0 Å². The molecule has 0 radical (unpaired) electrons. The minimum atomic E-state index is 0.606. The molecule has 1 fully saturated rings. The van der Waals surface area contributed by atoms with Gasteiger partial charge < -0.3 is 4.74 Å². The van der Waals surface area contributed by atoms with Gasteiger partial charge in [0.25, 0.3) is 0 Å². The van der Waals surface area contributed by atoms with Gasteiger partial charge in [-0.1, -0.05) is 47.9 Å². The summed E-state index contributed by atoms with van der Waals surface area (Å²) in [5.74, 6) is 6.47. The summed E-state index contributed by atoms with van der Waals surface area (Å²) in [6.45, 7) is 2.69. The van der Waals surface area contributed by atoms with Crippen LogP contribution in [0.1, 0.15) is 29.7 Å². The zero-order valence-corrected chi connectivity index (χ0v) is 20.1. The second-order valence-electron chi connectivity index (χ2n) is 8.82. The van der Waals surface area contributed by atoms with Crippen LogP contribution in [0.2, 0.25) is 5.02 Å². The number of ether oxygens (including phenoxy) is 1. The van der Waals surface area contributed by atoms with Crippen LogP contribution in [0, 0.1) is 11.8 Å². The quantitative estimate of drug-likeness (QED) is 0.318. The van der Waals surface area contributed by atoms with Gasteiger partial charge in [-0.05, 0) is 91.0 Å². The van der Waals surface area contributed by atoms with Gasteiger partial charge in [0.1, 0.15) is 5.69 Å². The van der Waals surface area contributed by atoms with Crippen molar-refractivity contribution in [3.05, 3.63) is 101 Å². The molecule has 0 N–H and O–H groups in total. The molecule has 3 aromatic carbocycles. The van der Waals surface area contributed by atoms with E-state index >= 15 is 0 Å². The topological polar surface area (TPSA) is 25.4 Å². The molecule has 34 heavy (non-hydrogen) atoms. The van der Waals surface area contributed by atoms with Crippen LogP contribution in [0.5, 0.6) is 0 Å². The van der Waals surface area contributed by atoms with E-state index in [1.54, 1.807) is 0 Å². The van der Waals surface area contributed by atoms with Crippen LogP contribution in [-0.4, -0.2) is 36.2 Å². The Morgan fingerprint density at radius 3 is 2.38 bits per heavy atom. The molecule has 0 saturated carbocycles. The fourth-order valence-corrected chi connectivity index (χ4v) is 4.52. The molecule has 1 aliphatic rings. The predicted molar refractivity (Wildman–Crippen MR) is 140 cm³/mol.